The van der Waals surface area contributed by atoms with Crippen LogP contribution in [0, 0.1) is 0 Å². The Morgan fingerprint density at radius 2 is 1.65 bits per heavy atom. The van der Waals surface area contributed by atoms with Crippen LogP contribution in [-0.2, 0) is 14.4 Å². The summed E-state index contributed by atoms with van der Waals surface area (Å²) in [6.07, 6.45) is 0. The molecule has 206 valence electrons. The van der Waals surface area contributed by atoms with Gasteiger partial charge < -0.3 is 26.2 Å². The highest BCUT2D eigenvalue weighted by molar-refractivity contribution is 6.38. The molecule has 0 atom stereocenters. The lowest BCUT2D eigenvalue weighted by Gasteiger charge is -2.31. The first-order valence-electron chi connectivity index (χ1n) is 13.1. The van der Waals surface area contributed by atoms with Gasteiger partial charge in [-0.2, -0.15) is 0 Å². The number of fused-ring (bicyclic) bond motifs is 1. The van der Waals surface area contributed by atoms with Gasteiger partial charge in [0.25, 0.3) is 5.91 Å². The summed E-state index contributed by atoms with van der Waals surface area (Å²) in [5, 5.41) is 12.6. The molecule has 2 heterocycles. The normalized spacial score (nSPS) is 16.6. The largest absolute Gasteiger partial charge is 0.354 e. The van der Waals surface area contributed by atoms with Crippen LogP contribution in [0.25, 0.3) is 11.3 Å². The molecule has 3 amide bonds. The number of amides is 3. The SMILES string of the molecule is CC(=O)Nc1cc(NC(=C2C(=O)Nc3cc(Cl)ccc32)c2ccccc2)ccc1NC(=O)CN1CCN(C)CC1. The molecule has 1 saturated heterocycles. The van der Waals surface area contributed by atoms with E-state index in [1.54, 1.807) is 30.3 Å². The fourth-order valence-corrected chi connectivity index (χ4v) is 5.02. The van der Waals surface area contributed by atoms with Crippen molar-refractivity contribution in [2.45, 2.75) is 6.92 Å². The lowest BCUT2D eigenvalue weighted by Crippen LogP contribution is -2.47. The Morgan fingerprint density at radius 1 is 0.900 bits per heavy atom. The maximum atomic E-state index is 13.2. The minimum Gasteiger partial charge on any atom is -0.354 e. The van der Waals surface area contributed by atoms with Crippen LogP contribution in [0.2, 0.25) is 5.02 Å². The van der Waals surface area contributed by atoms with Crippen molar-refractivity contribution in [3.05, 3.63) is 82.9 Å². The van der Waals surface area contributed by atoms with E-state index >= 15 is 0 Å². The predicted molar refractivity (Wildman–Crippen MR) is 160 cm³/mol. The van der Waals surface area contributed by atoms with Gasteiger partial charge in [0.1, 0.15) is 0 Å². The minimum atomic E-state index is -0.269. The molecule has 0 saturated carbocycles. The number of halogens is 1. The number of nitrogens with zero attached hydrogens (tertiary/aromatic N) is 2. The Labute approximate surface area is 238 Å². The zero-order chi connectivity index (χ0) is 28.2. The average Bonchev–Trinajstić information content (AvgIpc) is 3.24. The second kappa shape index (κ2) is 11.9. The summed E-state index contributed by atoms with van der Waals surface area (Å²) in [4.78, 5) is 42.4. The fourth-order valence-electron chi connectivity index (χ4n) is 4.84. The molecule has 0 aromatic heterocycles. The monoisotopic (exact) mass is 558 g/mol. The number of carbonyl (C=O) groups excluding carboxylic acids is 3. The molecular weight excluding hydrogens is 528 g/mol. The van der Waals surface area contributed by atoms with Crippen LogP contribution in [0.5, 0.6) is 0 Å². The highest BCUT2D eigenvalue weighted by Gasteiger charge is 2.29. The van der Waals surface area contributed by atoms with Crippen LogP contribution >= 0.6 is 11.6 Å². The smallest absolute Gasteiger partial charge is 0.258 e. The Morgan fingerprint density at radius 3 is 2.38 bits per heavy atom. The third kappa shape index (κ3) is 6.34. The molecule has 0 bridgehead atoms. The zero-order valence-corrected chi connectivity index (χ0v) is 23.1. The van der Waals surface area contributed by atoms with Crippen molar-refractivity contribution >= 4 is 63.3 Å². The molecular formula is C30H31ClN6O3. The summed E-state index contributed by atoms with van der Waals surface area (Å²) < 4.78 is 0. The van der Waals surface area contributed by atoms with Gasteiger partial charge in [-0.25, -0.2) is 0 Å². The maximum absolute atomic E-state index is 13.2. The standard InChI is InChI=1S/C30H31ClN6O3/c1-19(38)32-26-17-22(9-11-24(26)34-27(39)18-37-14-12-36(2)13-15-37)33-29(20-6-4-3-5-7-20)28-23-10-8-21(31)16-25(23)35-30(28)40/h3-11,16-17,33H,12-15,18H2,1-2H3,(H,32,38)(H,34,39)(H,35,40). The molecule has 9 nitrogen and oxygen atoms in total. The molecule has 5 rings (SSSR count). The van der Waals surface area contributed by atoms with Crippen LogP contribution in [-0.4, -0.2) is 67.3 Å². The van der Waals surface area contributed by atoms with Crippen LogP contribution in [0.15, 0.2) is 66.7 Å². The molecule has 0 aliphatic carbocycles. The fraction of sp³-hybridized carbons (Fsp3) is 0.233. The second-order valence-corrected chi connectivity index (χ2v) is 10.4. The quantitative estimate of drug-likeness (QED) is 0.320. The highest BCUT2D eigenvalue weighted by atomic mass is 35.5. The molecule has 2 aliphatic heterocycles. The van der Waals surface area contributed by atoms with E-state index in [-0.39, 0.29) is 24.3 Å². The molecule has 1 fully saturated rings. The Balaban J connectivity index is 1.45. The van der Waals surface area contributed by atoms with Gasteiger partial charge in [-0.1, -0.05) is 48.0 Å². The molecule has 10 heteroatoms. The summed E-state index contributed by atoms with van der Waals surface area (Å²) >= 11 is 6.16. The van der Waals surface area contributed by atoms with E-state index < -0.39 is 0 Å². The molecule has 0 radical (unpaired) electrons. The van der Waals surface area contributed by atoms with Crippen molar-refractivity contribution in [1.82, 2.24) is 9.80 Å². The summed E-state index contributed by atoms with van der Waals surface area (Å²) in [6.45, 7) is 5.17. The number of carbonyl (C=O) groups is 3. The molecule has 4 N–H and O–H groups in total. The van der Waals surface area contributed by atoms with Gasteiger partial charge in [0.2, 0.25) is 11.8 Å². The minimum absolute atomic E-state index is 0.151. The van der Waals surface area contributed by atoms with Crippen molar-refractivity contribution in [3.63, 3.8) is 0 Å². The Hall–Kier alpha value is -4.18. The number of rotatable bonds is 7. The van der Waals surface area contributed by atoms with Crippen molar-refractivity contribution in [3.8, 4) is 0 Å². The average molecular weight is 559 g/mol. The maximum Gasteiger partial charge on any atom is 0.258 e. The van der Waals surface area contributed by atoms with Gasteiger partial charge in [-0.05, 0) is 42.9 Å². The van der Waals surface area contributed by atoms with Crippen molar-refractivity contribution < 1.29 is 14.4 Å². The molecule has 2 aliphatic rings. The predicted octanol–water partition coefficient (Wildman–Crippen LogP) is 4.42. The number of anilines is 4. The van der Waals surface area contributed by atoms with Crippen LogP contribution in [0.3, 0.4) is 0 Å². The molecule has 0 spiro atoms. The first-order chi connectivity index (χ1) is 19.3. The summed E-state index contributed by atoms with van der Waals surface area (Å²) in [5.74, 6) is -0.672. The third-order valence-corrected chi connectivity index (χ3v) is 7.11. The van der Waals surface area contributed by atoms with Crippen molar-refractivity contribution in [1.29, 1.82) is 0 Å². The first kappa shape index (κ1) is 27.4. The van der Waals surface area contributed by atoms with Gasteiger partial charge in [-0.3, -0.25) is 19.3 Å². The van der Waals surface area contributed by atoms with E-state index in [1.807, 2.05) is 36.4 Å². The number of nitrogens with one attached hydrogen (secondary N) is 4. The van der Waals surface area contributed by atoms with Gasteiger partial charge in [0.05, 0.1) is 34.9 Å². The van der Waals surface area contributed by atoms with Gasteiger partial charge >= 0.3 is 0 Å². The molecule has 3 aromatic carbocycles. The van der Waals surface area contributed by atoms with Crippen LogP contribution in [0.1, 0.15) is 18.1 Å². The van der Waals surface area contributed by atoms with Crippen LogP contribution in [0.4, 0.5) is 22.7 Å². The lowest BCUT2D eigenvalue weighted by atomic mass is 10.00. The van der Waals surface area contributed by atoms with E-state index in [0.29, 0.717) is 39.0 Å². The van der Waals surface area contributed by atoms with Crippen molar-refractivity contribution in [2.24, 2.45) is 0 Å². The number of piperazine rings is 1. The lowest BCUT2D eigenvalue weighted by molar-refractivity contribution is -0.118. The van der Waals surface area contributed by atoms with Gasteiger partial charge in [0, 0.05) is 49.4 Å². The van der Waals surface area contributed by atoms with Gasteiger partial charge in [0.15, 0.2) is 0 Å². The summed E-state index contributed by atoms with van der Waals surface area (Å²) in [6, 6.07) is 20.1. The summed E-state index contributed by atoms with van der Waals surface area (Å²) in [7, 11) is 2.07. The third-order valence-electron chi connectivity index (χ3n) is 6.88. The van der Waals surface area contributed by atoms with Crippen LogP contribution < -0.4 is 21.3 Å². The summed E-state index contributed by atoms with van der Waals surface area (Å²) in [5.41, 5.74) is 4.82. The molecule has 3 aromatic rings. The molecule has 40 heavy (non-hydrogen) atoms. The Bertz CT molecular complexity index is 1480. The highest BCUT2D eigenvalue weighted by Crippen LogP contribution is 2.39. The Kier molecular flexibility index (Phi) is 8.16. The van der Waals surface area contributed by atoms with E-state index in [9.17, 15) is 14.4 Å². The zero-order valence-electron chi connectivity index (χ0n) is 22.4. The van der Waals surface area contributed by atoms with Gasteiger partial charge in [-0.15, -0.1) is 0 Å². The first-order valence-corrected chi connectivity index (χ1v) is 13.4. The van der Waals surface area contributed by atoms with Crippen molar-refractivity contribution in [2.75, 3.05) is 61.0 Å². The molecule has 0 unspecified atom stereocenters. The second-order valence-electron chi connectivity index (χ2n) is 9.95. The topological polar surface area (TPSA) is 106 Å². The number of hydrogen-bond acceptors (Lipinski definition) is 6. The van der Waals surface area contributed by atoms with E-state index in [4.69, 9.17) is 11.6 Å². The van der Waals surface area contributed by atoms with E-state index in [0.717, 1.165) is 37.3 Å². The van der Waals surface area contributed by atoms with E-state index in [2.05, 4.69) is 38.1 Å². The number of benzene rings is 3. The number of likely N-dealkylation sites (N-methyl/N-ethyl adjacent to an activating group) is 1. The van der Waals surface area contributed by atoms with E-state index in [1.165, 1.54) is 6.92 Å². The number of hydrogen-bond donors (Lipinski definition) is 4.